The van der Waals surface area contributed by atoms with Crippen molar-refractivity contribution in [2.75, 3.05) is 0 Å². The van der Waals surface area contributed by atoms with Crippen molar-refractivity contribution in [3.8, 4) is 11.1 Å². The van der Waals surface area contributed by atoms with E-state index in [-0.39, 0.29) is 5.95 Å². The normalized spacial score (nSPS) is 18.5. The highest BCUT2D eigenvalue weighted by atomic mass is 19.1. The molecule has 3 heteroatoms. The van der Waals surface area contributed by atoms with Crippen molar-refractivity contribution < 1.29 is 4.39 Å². The zero-order chi connectivity index (χ0) is 23.3. The van der Waals surface area contributed by atoms with Gasteiger partial charge >= 0.3 is 0 Å². The molecule has 0 aliphatic heterocycles. The standard InChI is InChI=1S/C30H45FN2/c1-3-5-7-8-9-10-12-14-25-15-19-26(20-16-25)28-23-32-30(33-29(28)31)27-21-17-24(18-22-27)13-11-6-4-2/h15-16,19-20,23-24,27H,3-14,17-18,21-22H2,1-2H3. The van der Waals surface area contributed by atoms with Crippen LogP contribution in [0.4, 0.5) is 4.39 Å². The van der Waals surface area contributed by atoms with Crippen LogP contribution in [0, 0.1) is 11.9 Å². The number of unbranched alkanes of at least 4 members (excludes halogenated alkanes) is 8. The third-order valence-electron chi connectivity index (χ3n) is 7.52. The molecule has 0 radical (unpaired) electrons. The minimum absolute atomic E-state index is 0.320. The fourth-order valence-corrected chi connectivity index (χ4v) is 5.29. The van der Waals surface area contributed by atoms with Crippen molar-refractivity contribution >= 4 is 0 Å². The van der Waals surface area contributed by atoms with Crippen LogP contribution in [0.2, 0.25) is 0 Å². The van der Waals surface area contributed by atoms with Gasteiger partial charge in [0.05, 0.1) is 5.56 Å². The van der Waals surface area contributed by atoms with Gasteiger partial charge in [0.1, 0.15) is 5.82 Å². The van der Waals surface area contributed by atoms with E-state index in [9.17, 15) is 4.39 Å². The van der Waals surface area contributed by atoms with E-state index in [1.165, 1.54) is 89.0 Å². The summed E-state index contributed by atoms with van der Waals surface area (Å²) in [6, 6.07) is 8.33. The highest BCUT2D eigenvalue weighted by Gasteiger charge is 2.25. The number of halogens is 1. The minimum Gasteiger partial charge on any atom is -0.240 e. The van der Waals surface area contributed by atoms with Crippen LogP contribution in [0.3, 0.4) is 0 Å². The summed E-state index contributed by atoms with van der Waals surface area (Å²) < 4.78 is 14.9. The van der Waals surface area contributed by atoms with Gasteiger partial charge in [-0.1, -0.05) is 102 Å². The molecule has 1 aromatic heterocycles. The van der Waals surface area contributed by atoms with Crippen molar-refractivity contribution in [1.29, 1.82) is 0 Å². The zero-order valence-corrected chi connectivity index (χ0v) is 21.1. The molecule has 0 bridgehead atoms. The van der Waals surface area contributed by atoms with Gasteiger partial charge in [0, 0.05) is 12.1 Å². The third kappa shape index (κ3) is 8.50. The second-order valence-electron chi connectivity index (χ2n) is 10.2. The van der Waals surface area contributed by atoms with Gasteiger partial charge in [0.15, 0.2) is 0 Å². The molecule has 1 aliphatic carbocycles. The third-order valence-corrected chi connectivity index (χ3v) is 7.52. The van der Waals surface area contributed by atoms with Crippen molar-refractivity contribution in [1.82, 2.24) is 9.97 Å². The van der Waals surface area contributed by atoms with Gasteiger partial charge in [0.2, 0.25) is 5.95 Å². The molecule has 3 rings (SSSR count). The van der Waals surface area contributed by atoms with Crippen LogP contribution in [0.1, 0.15) is 127 Å². The Bertz CT molecular complexity index is 793. The summed E-state index contributed by atoms with van der Waals surface area (Å²) in [4.78, 5) is 8.91. The summed E-state index contributed by atoms with van der Waals surface area (Å²) >= 11 is 0. The van der Waals surface area contributed by atoms with Crippen molar-refractivity contribution in [3.63, 3.8) is 0 Å². The van der Waals surface area contributed by atoms with Gasteiger partial charge in [-0.3, -0.25) is 0 Å². The number of benzene rings is 1. The Balaban J connectivity index is 1.47. The monoisotopic (exact) mass is 452 g/mol. The first-order valence-electron chi connectivity index (χ1n) is 13.8. The first kappa shape index (κ1) is 25.8. The molecular weight excluding hydrogens is 407 g/mol. The van der Waals surface area contributed by atoms with Gasteiger partial charge in [-0.2, -0.15) is 4.39 Å². The number of hydrogen-bond acceptors (Lipinski definition) is 2. The Morgan fingerprint density at radius 2 is 1.42 bits per heavy atom. The van der Waals surface area contributed by atoms with Crippen LogP contribution in [0.5, 0.6) is 0 Å². The Hall–Kier alpha value is -1.77. The molecule has 1 aliphatic rings. The fraction of sp³-hybridized carbons (Fsp3) is 0.667. The predicted octanol–water partition coefficient (Wildman–Crippen LogP) is 9.43. The van der Waals surface area contributed by atoms with Crippen LogP contribution in [0.15, 0.2) is 30.5 Å². The maximum atomic E-state index is 14.9. The molecule has 0 N–H and O–H groups in total. The molecule has 0 spiro atoms. The Kier molecular flexibility index (Phi) is 11.3. The first-order chi connectivity index (χ1) is 16.2. The van der Waals surface area contributed by atoms with Gasteiger partial charge in [0.25, 0.3) is 0 Å². The first-order valence-corrected chi connectivity index (χ1v) is 13.8. The van der Waals surface area contributed by atoms with Crippen LogP contribution in [0.25, 0.3) is 11.1 Å². The molecular formula is C30H45FN2. The average Bonchev–Trinajstić information content (AvgIpc) is 2.84. The van der Waals surface area contributed by atoms with Crippen molar-refractivity contribution in [2.24, 2.45) is 5.92 Å². The number of nitrogens with zero attached hydrogens (tertiary/aromatic N) is 2. The molecule has 1 saturated carbocycles. The van der Waals surface area contributed by atoms with Crippen LogP contribution >= 0.6 is 0 Å². The van der Waals surface area contributed by atoms with Gasteiger partial charge in [-0.25, -0.2) is 9.97 Å². The van der Waals surface area contributed by atoms with E-state index in [2.05, 4.69) is 35.9 Å². The lowest BCUT2D eigenvalue weighted by atomic mass is 9.79. The SMILES string of the molecule is CCCCCCCCCc1ccc(-c2cnc(C3CCC(CCCCC)CC3)nc2F)cc1. The van der Waals surface area contributed by atoms with Crippen LogP contribution < -0.4 is 0 Å². The summed E-state index contributed by atoms with van der Waals surface area (Å²) in [7, 11) is 0. The summed E-state index contributed by atoms with van der Waals surface area (Å²) in [5, 5.41) is 0. The molecule has 182 valence electrons. The highest BCUT2D eigenvalue weighted by Crippen LogP contribution is 2.37. The average molecular weight is 453 g/mol. The Labute approximate surface area is 201 Å². The molecule has 1 aromatic carbocycles. The van der Waals surface area contributed by atoms with E-state index in [0.717, 1.165) is 30.7 Å². The predicted molar refractivity (Wildman–Crippen MR) is 138 cm³/mol. The molecule has 33 heavy (non-hydrogen) atoms. The van der Waals surface area contributed by atoms with E-state index in [4.69, 9.17) is 0 Å². The number of aryl methyl sites for hydroxylation is 1. The summed E-state index contributed by atoms with van der Waals surface area (Å²) in [6.45, 7) is 4.52. The maximum Gasteiger partial charge on any atom is 0.224 e. The zero-order valence-electron chi connectivity index (χ0n) is 21.1. The number of hydrogen-bond donors (Lipinski definition) is 0. The second kappa shape index (κ2) is 14.5. The molecule has 0 saturated heterocycles. The fourth-order valence-electron chi connectivity index (χ4n) is 5.29. The smallest absolute Gasteiger partial charge is 0.224 e. The van der Waals surface area contributed by atoms with Gasteiger partial charge < -0.3 is 0 Å². The van der Waals surface area contributed by atoms with Gasteiger partial charge in [-0.05, 0) is 55.6 Å². The number of aromatic nitrogens is 2. The van der Waals surface area contributed by atoms with Crippen molar-refractivity contribution in [3.05, 3.63) is 47.8 Å². The van der Waals surface area contributed by atoms with Crippen LogP contribution in [-0.2, 0) is 6.42 Å². The minimum atomic E-state index is -0.370. The lowest BCUT2D eigenvalue weighted by molar-refractivity contribution is 0.296. The van der Waals surface area contributed by atoms with Crippen LogP contribution in [-0.4, -0.2) is 9.97 Å². The maximum absolute atomic E-state index is 14.9. The quantitative estimate of drug-likeness (QED) is 0.211. The molecule has 0 atom stereocenters. The highest BCUT2D eigenvalue weighted by molar-refractivity contribution is 5.62. The van der Waals surface area contributed by atoms with E-state index in [1.54, 1.807) is 6.20 Å². The van der Waals surface area contributed by atoms with E-state index in [0.29, 0.717) is 17.3 Å². The second-order valence-corrected chi connectivity index (χ2v) is 10.2. The molecule has 0 amide bonds. The van der Waals surface area contributed by atoms with E-state index >= 15 is 0 Å². The summed E-state index contributed by atoms with van der Waals surface area (Å²) in [5.41, 5.74) is 2.73. The molecule has 0 unspecified atom stereocenters. The lowest BCUT2D eigenvalue weighted by Gasteiger charge is -2.27. The molecule has 2 nitrogen and oxygen atoms in total. The topological polar surface area (TPSA) is 25.8 Å². The summed E-state index contributed by atoms with van der Waals surface area (Å²) in [6.07, 6.45) is 22.1. The molecule has 2 aromatic rings. The number of rotatable bonds is 14. The summed E-state index contributed by atoms with van der Waals surface area (Å²) in [5.74, 6) is 1.50. The Morgan fingerprint density at radius 1 is 0.788 bits per heavy atom. The van der Waals surface area contributed by atoms with E-state index in [1.807, 2.05) is 12.1 Å². The lowest BCUT2D eigenvalue weighted by Crippen LogP contribution is -2.16. The molecule has 1 fully saturated rings. The van der Waals surface area contributed by atoms with E-state index < -0.39 is 0 Å². The molecule has 1 heterocycles. The van der Waals surface area contributed by atoms with Crippen molar-refractivity contribution in [2.45, 2.75) is 122 Å². The van der Waals surface area contributed by atoms with Gasteiger partial charge in [-0.15, -0.1) is 0 Å². The Morgan fingerprint density at radius 3 is 2.09 bits per heavy atom. The largest absolute Gasteiger partial charge is 0.240 e.